The fourth-order valence-corrected chi connectivity index (χ4v) is 4.38. The molecule has 0 saturated carbocycles. The molecule has 1 saturated heterocycles. The first-order chi connectivity index (χ1) is 16.0. The molecular weight excluding hydrogens is 442 g/mol. The van der Waals surface area contributed by atoms with Crippen molar-refractivity contribution < 1.29 is 19.1 Å². The van der Waals surface area contributed by atoms with E-state index in [2.05, 4.69) is 10.6 Å². The number of benzene rings is 3. The number of amides is 1. The first kappa shape index (κ1) is 20.8. The molecule has 2 aliphatic heterocycles. The molecule has 2 N–H and O–H groups in total. The molecule has 164 valence electrons. The highest BCUT2D eigenvalue weighted by atomic mass is 35.5. The number of rotatable bonds is 3. The molecule has 33 heavy (non-hydrogen) atoms. The Morgan fingerprint density at radius 3 is 2.21 bits per heavy atom. The summed E-state index contributed by atoms with van der Waals surface area (Å²) in [5.74, 6) is -2.46. The second-order valence-electron chi connectivity index (χ2n) is 7.56. The molecule has 5 rings (SSSR count). The Bertz CT molecular complexity index is 1320. The first-order valence-electron chi connectivity index (χ1n) is 10.1. The Kier molecular flexibility index (Phi) is 4.91. The Labute approximate surface area is 194 Å². The molecule has 7 nitrogen and oxygen atoms in total. The first-order valence-corrected chi connectivity index (χ1v) is 10.5. The molecule has 2 aliphatic rings. The molecule has 3 aromatic carbocycles. The Balaban J connectivity index is 1.89. The number of esters is 1. The lowest BCUT2D eigenvalue weighted by atomic mass is 9.93. The molecule has 0 aliphatic carbocycles. The van der Waals surface area contributed by atoms with Gasteiger partial charge in [0.1, 0.15) is 0 Å². The predicted molar refractivity (Wildman–Crippen MR) is 126 cm³/mol. The number of methoxy groups -OCH3 is 1. The molecular formula is C25H18ClN3O4. The Morgan fingerprint density at radius 1 is 0.909 bits per heavy atom. The van der Waals surface area contributed by atoms with Crippen molar-refractivity contribution in [1.29, 1.82) is 0 Å². The van der Waals surface area contributed by atoms with Gasteiger partial charge >= 0.3 is 11.9 Å². The minimum absolute atomic E-state index is 0.0540. The molecule has 0 aromatic heterocycles. The van der Waals surface area contributed by atoms with Gasteiger partial charge in [-0.1, -0.05) is 54.1 Å². The van der Waals surface area contributed by atoms with Crippen molar-refractivity contribution in [3.8, 4) is 0 Å². The van der Waals surface area contributed by atoms with E-state index in [1.807, 2.05) is 12.1 Å². The summed E-state index contributed by atoms with van der Waals surface area (Å²) in [6, 6.07) is 22.5. The smallest absolute Gasteiger partial charge is 0.358 e. The van der Waals surface area contributed by atoms with Crippen molar-refractivity contribution in [1.82, 2.24) is 0 Å². The summed E-state index contributed by atoms with van der Waals surface area (Å²) in [5.41, 5.74) is 0.427. The third-order valence-corrected chi connectivity index (χ3v) is 5.95. The number of fused-ring (bicyclic) bond motifs is 2. The van der Waals surface area contributed by atoms with Gasteiger partial charge in [-0.2, -0.15) is 0 Å². The fraction of sp³-hybridized carbons (Fsp3) is 0.0800. The van der Waals surface area contributed by atoms with Gasteiger partial charge in [-0.3, -0.25) is 14.5 Å². The van der Waals surface area contributed by atoms with Crippen LogP contribution >= 0.6 is 11.6 Å². The van der Waals surface area contributed by atoms with E-state index in [0.29, 0.717) is 33.3 Å². The summed E-state index contributed by atoms with van der Waals surface area (Å²) < 4.78 is 5.19. The molecule has 3 aromatic rings. The summed E-state index contributed by atoms with van der Waals surface area (Å²) in [6.07, 6.45) is 0. The van der Waals surface area contributed by atoms with E-state index < -0.39 is 23.3 Å². The highest BCUT2D eigenvalue weighted by molar-refractivity contribution is 6.55. The molecule has 1 amide bonds. The number of Topliss-reactive ketones (excluding diaryl/α,β-unsaturated/α-hetero) is 1. The van der Waals surface area contributed by atoms with E-state index in [1.54, 1.807) is 66.7 Å². The minimum Gasteiger partial charge on any atom is -0.466 e. The number of ether oxygens (including phenoxy) is 1. The van der Waals surface area contributed by atoms with Crippen LogP contribution in [0, 0.1) is 0 Å². The van der Waals surface area contributed by atoms with E-state index in [0.717, 1.165) is 4.90 Å². The Hall–Kier alpha value is -4.10. The van der Waals surface area contributed by atoms with Crippen LogP contribution in [0.4, 0.5) is 17.1 Å². The van der Waals surface area contributed by atoms with Crippen LogP contribution in [0.5, 0.6) is 0 Å². The monoisotopic (exact) mass is 459 g/mol. The molecule has 1 fully saturated rings. The number of anilines is 3. The second kappa shape index (κ2) is 7.79. The predicted octanol–water partition coefficient (Wildman–Crippen LogP) is 4.07. The zero-order valence-electron chi connectivity index (χ0n) is 17.5. The number of para-hydroxylation sites is 3. The quantitative estimate of drug-likeness (QED) is 0.453. The number of hydrogen-bond donors (Lipinski definition) is 2. The van der Waals surface area contributed by atoms with Crippen LogP contribution in [0.1, 0.15) is 5.56 Å². The van der Waals surface area contributed by atoms with E-state index in [4.69, 9.17) is 16.3 Å². The van der Waals surface area contributed by atoms with Crippen molar-refractivity contribution in [3.63, 3.8) is 0 Å². The molecule has 0 bridgehead atoms. The van der Waals surface area contributed by atoms with Crippen LogP contribution in [0.15, 0.2) is 84.4 Å². The topological polar surface area (TPSA) is 87.7 Å². The largest absolute Gasteiger partial charge is 0.466 e. The molecule has 0 spiro atoms. The van der Waals surface area contributed by atoms with Gasteiger partial charge in [0, 0.05) is 10.7 Å². The maximum absolute atomic E-state index is 13.5. The highest BCUT2D eigenvalue weighted by Gasteiger charge is 2.64. The van der Waals surface area contributed by atoms with Gasteiger partial charge in [-0.05, 0) is 42.0 Å². The number of nitrogens with one attached hydrogen (secondary N) is 2. The summed E-state index contributed by atoms with van der Waals surface area (Å²) in [6.45, 7) is 0. The third-order valence-electron chi connectivity index (χ3n) is 5.70. The SMILES string of the molecule is COC(=O)C12Nc3ccccc3NC(c3ccc(Cl)cc3)=C1C(=O)C(=O)N2c1ccccc1. The summed E-state index contributed by atoms with van der Waals surface area (Å²) in [7, 11) is 1.22. The number of ketones is 1. The van der Waals surface area contributed by atoms with E-state index in [-0.39, 0.29) is 5.57 Å². The van der Waals surface area contributed by atoms with Gasteiger partial charge < -0.3 is 15.4 Å². The number of carbonyl (C=O) groups excluding carboxylic acids is 3. The van der Waals surface area contributed by atoms with Crippen LogP contribution < -0.4 is 15.5 Å². The fourth-order valence-electron chi connectivity index (χ4n) is 4.26. The van der Waals surface area contributed by atoms with Crippen LogP contribution in [0.25, 0.3) is 5.70 Å². The maximum Gasteiger partial charge on any atom is 0.358 e. The minimum atomic E-state index is -1.93. The second-order valence-corrected chi connectivity index (χ2v) is 8.00. The third kappa shape index (κ3) is 3.08. The number of hydrogen-bond acceptors (Lipinski definition) is 6. The van der Waals surface area contributed by atoms with E-state index >= 15 is 0 Å². The number of halogens is 1. The van der Waals surface area contributed by atoms with Crippen LogP contribution in [-0.4, -0.2) is 30.4 Å². The molecule has 2 heterocycles. The zero-order valence-corrected chi connectivity index (χ0v) is 18.2. The lowest BCUT2D eigenvalue weighted by Crippen LogP contribution is -2.59. The van der Waals surface area contributed by atoms with Crippen molar-refractivity contribution in [2.75, 3.05) is 22.6 Å². The van der Waals surface area contributed by atoms with Crippen molar-refractivity contribution in [2.24, 2.45) is 0 Å². The maximum atomic E-state index is 13.5. The lowest BCUT2D eigenvalue weighted by Gasteiger charge is -2.36. The van der Waals surface area contributed by atoms with Crippen molar-refractivity contribution in [2.45, 2.75) is 5.66 Å². The van der Waals surface area contributed by atoms with Crippen molar-refractivity contribution >= 4 is 52.0 Å². The number of nitrogens with zero attached hydrogens (tertiary/aromatic N) is 1. The Morgan fingerprint density at radius 2 is 1.55 bits per heavy atom. The highest BCUT2D eigenvalue weighted by Crippen LogP contribution is 2.46. The molecule has 8 heteroatoms. The van der Waals surface area contributed by atoms with Gasteiger partial charge in [0.15, 0.2) is 0 Å². The van der Waals surface area contributed by atoms with Gasteiger partial charge in [0.05, 0.1) is 29.8 Å². The van der Waals surface area contributed by atoms with Crippen molar-refractivity contribution in [3.05, 3.63) is 95.0 Å². The van der Waals surface area contributed by atoms with E-state index in [9.17, 15) is 14.4 Å². The summed E-state index contributed by atoms with van der Waals surface area (Å²) >= 11 is 6.08. The summed E-state index contributed by atoms with van der Waals surface area (Å²) in [4.78, 5) is 41.6. The summed E-state index contributed by atoms with van der Waals surface area (Å²) in [5, 5.41) is 6.94. The van der Waals surface area contributed by atoms with Crippen LogP contribution in [-0.2, 0) is 19.1 Å². The normalized spacial score (nSPS) is 19.3. The standard InChI is InChI=1S/C25H18ClN3O4/c1-33-24(32)25-20(22(30)23(31)29(25)17-7-3-2-4-8-17)21(15-11-13-16(26)14-12-15)27-18-9-5-6-10-19(18)28-25/h2-14,27-28H,1H3. The average molecular weight is 460 g/mol. The van der Waals surface area contributed by atoms with Crippen LogP contribution in [0.3, 0.4) is 0 Å². The lowest BCUT2D eigenvalue weighted by molar-refractivity contribution is -0.145. The average Bonchev–Trinajstić information content (AvgIpc) is 2.96. The molecule has 1 atom stereocenters. The van der Waals surface area contributed by atoms with Gasteiger partial charge in [-0.15, -0.1) is 0 Å². The van der Waals surface area contributed by atoms with Crippen LogP contribution in [0.2, 0.25) is 5.02 Å². The zero-order chi connectivity index (χ0) is 23.2. The van der Waals surface area contributed by atoms with Gasteiger partial charge in [0.2, 0.25) is 0 Å². The molecule has 1 unspecified atom stereocenters. The number of carbonyl (C=O) groups is 3. The molecule has 0 radical (unpaired) electrons. The van der Waals surface area contributed by atoms with Gasteiger partial charge in [0.25, 0.3) is 11.4 Å². The van der Waals surface area contributed by atoms with E-state index in [1.165, 1.54) is 7.11 Å². The van der Waals surface area contributed by atoms with Gasteiger partial charge in [-0.25, -0.2) is 4.79 Å².